The van der Waals surface area contributed by atoms with Crippen LogP contribution in [0.15, 0.2) is 36.4 Å². The van der Waals surface area contributed by atoms with Crippen molar-refractivity contribution in [1.29, 1.82) is 5.26 Å². The number of benzene rings is 2. The third-order valence-electron chi connectivity index (χ3n) is 8.92. The quantitative estimate of drug-likeness (QED) is 0.274. The molecule has 0 radical (unpaired) electrons. The lowest BCUT2D eigenvalue weighted by atomic mass is 9.72. The third kappa shape index (κ3) is 5.07. The molecule has 2 fully saturated rings. The predicted octanol–water partition coefficient (Wildman–Crippen LogP) is 5.30. The lowest BCUT2D eigenvalue weighted by Gasteiger charge is -2.61. The Kier molecular flexibility index (Phi) is 7.01. The summed E-state index contributed by atoms with van der Waals surface area (Å²) in [6.45, 7) is 1.40. The second kappa shape index (κ2) is 10.6. The number of alkyl halides is 3. The molecule has 1 spiro atoms. The maximum atomic E-state index is 15.8. The summed E-state index contributed by atoms with van der Waals surface area (Å²) in [5.74, 6) is -0.990. The van der Waals surface area contributed by atoms with Gasteiger partial charge in [-0.25, -0.2) is 18.7 Å². The summed E-state index contributed by atoms with van der Waals surface area (Å²) in [5.41, 5.74) is 3.19. The molecule has 0 bridgehead atoms. The number of hydrogen-bond donors (Lipinski definition) is 2. The van der Waals surface area contributed by atoms with Gasteiger partial charge in [0.2, 0.25) is 0 Å². The molecule has 2 aliphatic heterocycles. The Morgan fingerprint density at radius 3 is 2.51 bits per heavy atom. The number of thiazole rings is 1. The van der Waals surface area contributed by atoms with Crippen LogP contribution in [0.25, 0.3) is 22.2 Å². The summed E-state index contributed by atoms with van der Waals surface area (Å²) < 4.78 is 67.6. The van der Waals surface area contributed by atoms with E-state index in [9.17, 15) is 33.0 Å². The van der Waals surface area contributed by atoms with Gasteiger partial charge in [0, 0.05) is 67.4 Å². The van der Waals surface area contributed by atoms with Gasteiger partial charge in [0.15, 0.2) is 17.1 Å². The molecule has 8 nitrogen and oxygen atoms in total. The number of hydrogen-bond acceptors (Lipinski definition) is 9. The summed E-state index contributed by atoms with van der Waals surface area (Å²) >= 11 is 1.14. The number of β-amino-alcohol motifs (C(OH)–C–C–N with tert-alkyl or cyclic N) is 1. The monoisotopic (exact) mass is 642 g/mol. The number of nitrogens with zero attached hydrogens (tertiary/aromatic N) is 6. The van der Waals surface area contributed by atoms with Crippen molar-refractivity contribution in [3.8, 4) is 17.3 Å². The fourth-order valence-corrected chi connectivity index (χ4v) is 7.66. The Bertz CT molecular complexity index is 1840. The smallest absolute Gasteiger partial charge is 0.387 e. The fourth-order valence-electron chi connectivity index (χ4n) is 6.81. The van der Waals surface area contributed by atoms with Crippen LogP contribution in [0.1, 0.15) is 28.7 Å². The highest BCUT2D eigenvalue weighted by Crippen LogP contribution is 2.47. The standard InChI is InChI=1S/C31H27F5N6O2S/c1-40(29-39-25(23(10-37)45-29)16-2-4-17(32)5-3-16)28-19-6-7-22(43)27(19)38-26-20(28)8-18(9-21(26)33)42-14-30(15-42)12-41(13-30)11-24(44)31(34,35)36/h2-5,8-9,22,24,43-44H,6-7,11-15H2,1H3/t22?,24-/m1/s1. The topological polar surface area (TPSA) is 99.8 Å². The predicted molar refractivity (Wildman–Crippen MR) is 158 cm³/mol. The van der Waals surface area contributed by atoms with Crippen molar-refractivity contribution >= 4 is 38.7 Å². The molecule has 0 amide bonds. The first-order valence-electron chi connectivity index (χ1n) is 14.3. The highest BCUT2D eigenvalue weighted by Gasteiger charge is 2.53. The number of aliphatic hydroxyl groups excluding tert-OH is 2. The molecule has 4 heterocycles. The van der Waals surface area contributed by atoms with E-state index in [1.807, 2.05) is 11.0 Å². The molecule has 2 aromatic heterocycles. The zero-order valence-corrected chi connectivity index (χ0v) is 24.8. The number of likely N-dealkylation sites (tertiary alicyclic amines) is 1. The van der Waals surface area contributed by atoms with E-state index in [0.717, 1.165) is 16.9 Å². The molecule has 45 heavy (non-hydrogen) atoms. The third-order valence-corrected chi connectivity index (χ3v) is 9.95. The molecule has 14 heteroatoms. The lowest BCUT2D eigenvalue weighted by molar-refractivity contribution is -0.215. The maximum absolute atomic E-state index is 15.8. The molecule has 2 saturated heterocycles. The second-order valence-corrected chi connectivity index (χ2v) is 13.1. The maximum Gasteiger partial charge on any atom is 0.415 e. The van der Waals surface area contributed by atoms with Gasteiger partial charge in [-0.05, 0) is 49.2 Å². The van der Waals surface area contributed by atoms with Crippen molar-refractivity contribution in [3.63, 3.8) is 0 Å². The average Bonchev–Trinajstić information content (AvgIpc) is 3.55. The van der Waals surface area contributed by atoms with Crippen molar-refractivity contribution in [2.24, 2.45) is 5.41 Å². The summed E-state index contributed by atoms with van der Waals surface area (Å²) in [6.07, 6.45) is -6.99. The number of fused-ring (bicyclic) bond motifs is 2. The van der Waals surface area contributed by atoms with Gasteiger partial charge in [-0.1, -0.05) is 11.3 Å². The lowest BCUT2D eigenvalue weighted by Crippen LogP contribution is -2.73. The number of aromatic nitrogens is 2. The Morgan fingerprint density at radius 1 is 1.13 bits per heavy atom. The molecular formula is C31H27F5N6O2S. The van der Waals surface area contributed by atoms with Crippen LogP contribution in [0.5, 0.6) is 0 Å². The van der Waals surface area contributed by atoms with Crippen LogP contribution < -0.4 is 9.80 Å². The van der Waals surface area contributed by atoms with Gasteiger partial charge in [0.25, 0.3) is 0 Å². The van der Waals surface area contributed by atoms with Gasteiger partial charge >= 0.3 is 6.18 Å². The number of pyridine rings is 1. The molecule has 2 aromatic carbocycles. The molecule has 1 unspecified atom stereocenters. The van der Waals surface area contributed by atoms with Crippen molar-refractivity contribution in [1.82, 2.24) is 14.9 Å². The minimum absolute atomic E-state index is 0.0855. The molecule has 2 atom stereocenters. The molecule has 234 valence electrons. The van der Waals surface area contributed by atoms with Crippen molar-refractivity contribution < 1.29 is 32.2 Å². The largest absolute Gasteiger partial charge is 0.415 e. The molecule has 3 aliphatic rings. The molecular weight excluding hydrogens is 615 g/mol. The number of halogens is 5. The van der Waals surface area contributed by atoms with E-state index < -0.39 is 36.6 Å². The molecule has 0 saturated carbocycles. The van der Waals surface area contributed by atoms with Crippen LogP contribution in [-0.4, -0.2) is 77.1 Å². The first kappa shape index (κ1) is 29.8. The fraction of sp³-hybridized carbons (Fsp3) is 0.387. The molecule has 2 N–H and O–H groups in total. The van der Waals surface area contributed by atoms with Crippen LogP contribution >= 0.6 is 11.3 Å². The van der Waals surface area contributed by atoms with Gasteiger partial charge in [-0.2, -0.15) is 18.4 Å². The first-order valence-corrected chi connectivity index (χ1v) is 15.1. The van der Waals surface area contributed by atoms with Crippen LogP contribution in [0.4, 0.5) is 38.5 Å². The number of nitriles is 1. The van der Waals surface area contributed by atoms with E-state index >= 15 is 4.39 Å². The molecule has 4 aromatic rings. The Balaban J connectivity index is 1.22. The zero-order chi connectivity index (χ0) is 31.8. The van der Waals surface area contributed by atoms with Gasteiger partial charge in [0.1, 0.15) is 28.0 Å². The number of aliphatic hydroxyl groups is 2. The normalized spacial score (nSPS) is 19.7. The number of anilines is 3. The van der Waals surface area contributed by atoms with Crippen molar-refractivity contribution in [2.45, 2.75) is 31.2 Å². The van der Waals surface area contributed by atoms with Gasteiger partial charge in [0.05, 0.1) is 17.5 Å². The van der Waals surface area contributed by atoms with E-state index in [0.29, 0.717) is 82.7 Å². The van der Waals surface area contributed by atoms with Crippen molar-refractivity contribution in [3.05, 3.63) is 64.2 Å². The second-order valence-electron chi connectivity index (χ2n) is 12.1. The molecule has 7 rings (SSSR count). The molecule has 1 aliphatic carbocycles. The van der Waals surface area contributed by atoms with Crippen LogP contribution in [0.2, 0.25) is 0 Å². The summed E-state index contributed by atoms with van der Waals surface area (Å²) in [4.78, 5) is 14.9. The van der Waals surface area contributed by atoms with E-state index in [4.69, 9.17) is 4.98 Å². The summed E-state index contributed by atoms with van der Waals surface area (Å²) in [7, 11) is 1.76. The Morgan fingerprint density at radius 2 is 1.84 bits per heavy atom. The van der Waals surface area contributed by atoms with Crippen LogP contribution in [-0.2, 0) is 6.42 Å². The highest BCUT2D eigenvalue weighted by atomic mass is 32.1. The van der Waals surface area contributed by atoms with Gasteiger partial charge in [-0.3, -0.25) is 4.90 Å². The average molecular weight is 643 g/mol. The van der Waals surface area contributed by atoms with E-state index in [1.165, 1.54) is 18.2 Å². The van der Waals surface area contributed by atoms with Crippen molar-refractivity contribution in [2.75, 3.05) is 49.6 Å². The van der Waals surface area contributed by atoms with E-state index in [1.54, 1.807) is 29.0 Å². The minimum Gasteiger partial charge on any atom is -0.387 e. The summed E-state index contributed by atoms with van der Waals surface area (Å²) in [5, 5.41) is 30.9. The minimum atomic E-state index is -4.66. The number of rotatable bonds is 6. The van der Waals surface area contributed by atoms with Crippen LogP contribution in [0, 0.1) is 28.4 Å². The Labute approximate surface area is 258 Å². The van der Waals surface area contributed by atoms with E-state index in [-0.39, 0.29) is 10.9 Å². The first-order chi connectivity index (χ1) is 21.4. The SMILES string of the molecule is CN(c1nc(-c2ccc(F)cc2)c(C#N)s1)c1c2c(nc3c(F)cc(N4CC5(CN(C[C@@H](O)C(F)(F)F)C5)C4)cc13)C(O)CC2. The highest BCUT2D eigenvalue weighted by molar-refractivity contribution is 7.16. The van der Waals surface area contributed by atoms with Gasteiger partial charge < -0.3 is 20.0 Å². The Hall–Kier alpha value is -3.90. The van der Waals surface area contributed by atoms with Gasteiger partial charge in [-0.15, -0.1) is 0 Å². The summed E-state index contributed by atoms with van der Waals surface area (Å²) in [6, 6.07) is 11.1. The zero-order valence-electron chi connectivity index (χ0n) is 23.9. The van der Waals surface area contributed by atoms with E-state index in [2.05, 4.69) is 11.1 Å². The van der Waals surface area contributed by atoms with Crippen LogP contribution in [0.3, 0.4) is 0 Å².